The molecule has 2 bridgehead atoms. The van der Waals surface area contributed by atoms with Crippen molar-refractivity contribution in [2.24, 2.45) is 0 Å². The second-order valence-electron chi connectivity index (χ2n) is 10.3. The van der Waals surface area contributed by atoms with Gasteiger partial charge in [-0.1, -0.05) is 0 Å². The molecule has 2 fully saturated rings. The van der Waals surface area contributed by atoms with E-state index in [1.165, 1.54) is 12.8 Å². The Morgan fingerprint density at radius 2 is 2.03 bits per heavy atom. The molecule has 0 spiro atoms. The van der Waals surface area contributed by atoms with Crippen LogP contribution in [0.15, 0.2) is 47.5 Å². The molecule has 190 valence electrons. The molecule has 1 aromatic heterocycles. The normalized spacial score (nSPS) is 22.8. The van der Waals surface area contributed by atoms with Gasteiger partial charge in [0.25, 0.3) is 0 Å². The van der Waals surface area contributed by atoms with E-state index in [0.717, 1.165) is 64.3 Å². The minimum absolute atomic E-state index is 0.0728. The fourth-order valence-corrected chi connectivity index (χ4v) is 7.18. The summed E-state index contributed by atoms with van der Waals surface area (Å²) in [6.07, 6.45) is 7.23. The lowest BCUT2D eigenvalue weighted by Crippen LogP contribution is -2.50. The van der Waals surface area contributed by atoms with E-state index in [1.54, 1.807) is 25.1 Å². The molecule has 0 radical (unpaired) electrons. The first-order valence-corrected chi connectivity index (χ1v) is 13.9. The quantitative estimate of drug-likeness (QED) is 0.505. The summed E-state index contributed by atoms with van der Waals surface area (Å²) in [7, 11) is 3.86. The van der Waals surface area contributed by atoms with Gasteiger partial charge in [-0.2, -0.15) is 5.26 Å². The zero-order valence-electron chi connectivity index (χ0n) is 21.2. The first kappa shape index (κ1) is 24.1. The second kappa shape index (κ2) is 9.88. The fourth-order valence-electron chi connectivity index (χ4n) is 6.39. The van der Waals surface area contributed by atoms with Crippen LogP contribution in [0.1, 0.15) is 36.8 Å². The number of anilines is 2. The zero-order valence-corrected chi connectivity index (χ0v) is 22.1. The van der Waals surface area contributed by atoms with Crippen LogP contribution in [-0.4, -0.2) is 60.4 Å². The van der Waals surface area contributed by atoms with Gasteiger partial charge in [0.05, 0.1) is 29.6 Å². The molecule has 7 nitrogen and oxygen atoms in total. The summed E-state index contributed by atoms with van der Waals surface area (Å²) in [6, 6.07) is 16.3. The Balaban J connectivity index is 1.17. The summed E-state index contributed by atoms with van der Waals surface area (Å²) in [6.45, 7) is 0.943. The van der Waals surface area contributed by atoms with Crippen molar-refractivity contribution in [2.75, 3.05) is 36.7 Å². The van der Waals surface area contributed by atoms with Crippen LogP contribution in [0.3, 0.4) is 0 Å². The number of nitrogens with zero attached hydrogens (tertiary/aromatic N) is 4. The molecule has 37 heavy (non-hydrogen) atoms. The highest BCUT2D eigenvalue weighted by molar-refractivity contribution is 8.00. The Morgan fingerprint density at radius 3 is 2.78 bits per heavy atom. The molecule has 8 heteroatoms. The molecule has 2 atom stereocenters. The molecular formula is C29H31N5O2S. The van der Waals surface area contributed by atoms with Gasteiger partial charge in [-0.3, -0.25) is 14.7 Å². The summed E-state index contributed by atoms with van der Waals surface area (Å²) in [5.74, 6) is 1.35. The van der Waals surface area contributed by atoms with E-state index in [0.29, 0.717) is 29.4 Å². The minimum atomic E-state index is 0.0728. The molecule has 2 aromatic carbocycles. The van der Waals surface area contributed by atoms with Gasteiger partial charge in [0.2, 0.25) is 5.91 Å². The Kier molecular flexibility index (Phi) is 6.43. The number of rotatable bonds is 6. The molecule has 0 aliphatic carbocycles. The third-order valence-electron chi connectivity index (χ3n) is 8.34. The SMILES string of the molecule is COc1ccc2ncc(C#N)c(CCN3C4CCC3CC(N(C)c3ccc5c(c3)NC(=O)CS5)C4)c2c1. The Hall–Kier alpha value is -3.28. The lowest BCUT2D eigenvalue weighted by atomic mass is 9.94. The van der Waals surface area contributed by atoms with E-state index in [-0.39, 0.29) is 5.91 Å². The maximum absolute atomic E-state index is 11.9. The maximum Gasteiger partial charge on any atom is 0.234 e. The first-order valence-electron chi connectivity index (χ1n) is 12.9. The zero-order chi connectivity index (χ0) is 25.5. The van der Waals surface area contributed by atoms with Crippen molar-refractivity contribution in [1.29, 1.82) is 5.26 Å². The summed E-state index contributed by atoms with van der Waals surface area (Å²) in [5.41, 5.74) is 4.72. The van der Waals surface area contributed by atoms with E-state index in [9.17, 15) is 10.1 Å². The highest BCUT2D eigenvalue weighted by atomic mass is 32.2. The van der Waals surface area contributed by atoms with Crippen LogP contribution in [-0.2, 0) is 11.2 Å². The smallest absolute Gasteiger partial charge is 0.234 e. The Labute approximate surface area is 221 Å². The first-order chi connectivity index (χ1) is 18.0. The van der Waals surface area contributed by atoms with E-state index in [1.807, 2.05) is 18.2 Å². The molecule has 6 rings (SSSR count). The Bertz CT molecular complexity index is 1390. The average Bonchev–Trinajstić information content (AvgIpc) is 3.16. The number of methoxy groups -OCH3 is 1. The number of pyridine rings is 1. The number of amides is 1. The van der Waals surface area contributed by atoms with Crippen LogP contribution in [0.4, 0.5) is 11.4 Å². The molecule has 4 heterocycles. The molecule has 2 unspecified atom stereocenters. The number of fused-ring (bicyclic) bond motifs is 4. The molecule has 3 aliphatic rings. The monoisotopic (exact) mass is 513 g/mol. The number of thioether (sulfide) groups is 1. The van der Waals surface area contributed by atoms with Gasteiger partial charge >= 0.3 is 0 Å². The van der Waals surface area contributed by atoms with Gasteiger partial charge in [0.15, 0.2) is 0 Å². The van der Waals surface area contributed by atoms with Crippen molar-refractivity contribution in [3.05, 3.63) is 53.7 Å². The topological polar surface area (TPSA) is 81.5 Å². The van der Waals surface area contributed by atoms with E-state index in [4.69, 9.17) is 4.74 Å². The number of hydrogen-bond donors (Lipinski definition) is 1. The predicted molar refractivity (Wildman–Crippen MR) is 147 cm³/mol. The lowest BCUT2D eigenvalue weighted by molar-refractivity contribution is -0.113. The third-order valence-corrected chi connectivity index (χ3v) is 9.41. The summed E-state index contributed by atoms with van der Waals surface area (Å²) in [4.78, 5) is 22.6. The van der Waals surface area contributed by atoms with Crippen molar-refractivity contribution >= 4 is 39.9 Å². The standard InChI is InChI=1S/C29H31N5O2S/c1-33(19-5-8-28-27(13-19)32-29(35)17-37-28)22-11-20-3-4-21(12-22)34(20)10-9-24-18(15-30)16-31-26-7-6-23(36-2)14-25(24)26/h5-8,13-14,16,20-22H,3-4,9-12,17H2,1-2H3,(H,32,35). The van der Waals surface area contributed by atoms with E-state index < -0.39 is 0 Å². The van der Waals surface area contributed by atoms with Gasteiger partial charge in [-0.15, -0.1) is 11.8 Å². The third kappa shape index (κ3) is 4.51. The molecule has 3 aromatic rings. The van der Waals surface area contributed by atoms with Crippen molar-refractivity contribution in [3.8, 4) is 11.8 Å². The number of benzene rings is 2. The van der Waals surface area contributed by atoms with Crippen LogP contribution in [0.2, 0.25) is 0 Å². The number of nitriles is 1. The lowest BCUT2D eigenvalue weighted by Gasteiger charge is -2.43. The van der Waals surface area contributed by atoms with E-state index in [2.05, 4.69) is 51.4 Å². The Morgan fingerprint density at radius 1 is 1.22 bits per heavy atom. The maximum atomic E-state index is 11.9. The molecule has 2 saturated heterocycles. The van der Waals surface area contributed by atoms with Crippen LogP contribution in [0.5, 0.6) is 5.75 Å². The predicted octanol–water partition coefficient (Wildman–Crippen LogP) is 4.83. The second-order valence-corrected chi connectivity index (χ2v) is 11.3. The van der Waals surface area contributed by atoms with Gasteiger partial charge in [-0.05, 0) is 74.1 Å². The largest absolute Gasteiger partial charge is 0.497 e. The van der Waals surface area contributed by atoms with Gasteiger partial charge in [0, 0.05) is 53.9 Å². The van der Waals surface area contributed by atoms with Crippen LogP contribution < -0.4 is 15.0 Å². The number of piperidine rings is 1. The number of nitrogens with one attached hydrogen (secondary N) is 1. The number of hydrogen-bond acceptors (Lipinski definition) is 7. The van der Waals surface area contributed by atoms with Crippen molar-refractivity contribution in [3.63, 3.8) is 0 Å². The summed E-state index contributed by atoms with van der Waals surface area (Å²) in [5, 5.41) is 13.8. The summed E-state index contributed by atoms with van der Waals surface area (Å²) >= 11 is 1.60. The van der Waals surface area contributed by atoms with Crippen LogP contribution in [0.25, 0.3) is 10.9 Å². The van der Waals surface area contributed by atoms with Crippen LogP contribution in [0, 0.1) is 11.3 Å². The number of carbonyl (C=O) groups excluding carboxylic acids is 1. The fraction of sp³-hybridized carbons (Fsp3) is 0.414. The molecular weight excluding hydrogens is 482 g/mol. The molecule has 3 aliphatic heterocycles. The van der Waals surface area contributed by atoms with Crippen molar-refractivity contribution in [1.82, 2.24) is 9.88 Å². The van der Waals surface area contributed by atoms with Gasteiger partial charge in [0.1, 0.15) is 11.8 Å². The molecule has 1 amide bonds. The molecule has 0 saturated carbocycles. The number of aromatic nitrogens is 1. The highest BCUT2D eigenvalue weighted by Crippen LogP contribution is 2.40. The number of ether oxygens (including phenoxy) is 1. The minimum Gasteiger partial charge on any atom is -0.497 e. The van der Waals surface area contributed by atoms with Crippen molar-refractivity contribution in [2.45, 2.75) is 55.1 Å². The van der Waals surface area contributed by atoms with Gasteiger partial charge in [-0.25, -0.2) is 0 Å². The highest BCUT2D eigenvalue weighted by Gasteiger charge is 2.41. The van der Waals surface area contributed by atoms with Crippen molar-refractivity contribution < 1.29 is 9.53 Å². The van der Waals surface area contributed by atoms with Crippen LogP contribution >= 0.6 is 11.8 Å². The summed E-state index contributed by atoms with van der Waals surface area (Å²) < 4.78 is 5.45. The molecule has 1 N–H and O–H groups in total. The average molecular weight is 514 g/mol. The van der Waals surface area contributed by atoms with Gasteiger partial charge < -0.3 is 15.0 Å². The number of carbonyl (C=O) groups is 1. The van der Waals surface area contributed by atoms with E-state index >= 15 is 0 Å².